The van der Waals surface area contributed by atoms with Gasteiger partial charge in [-0.2, -0.15) is 11.8 Å². The minimum absolute atomic E-state index is 0.428. The van der Waals surface area contributed by atoms with Crippen molar-refractivity contribution in [1.82, 2.24) is 15.5 Å². The average molecular weight is 391 g/mol. The predicted octanol–water partition coefficient (Wildman–Crippen LogP) is 2.46. The molecule has 6 heteroatoms. The van der Waals surface area contributed by atoms with E-state index in [0.29, 0.717) is 18.6 Å². The Morgan fingerprint density at radius 3 is 2.85 bits per heavy atom. The van der Waals surface area contributed by atoms with Crippen molar-refractivity contribution < 1.29 is 5.11 Å². The molecule has 0 bridgehead atoms. The first-order valence-electron chi connectivity index (χ1n) is 10.2. The molecule has 3 N–H and O–H groups in total. The number of nitrogens with one attached hydrogen (secondary N) is 2. The Morgan fingerprint density at radius 2 is 2.19 bits per heavy atom. The van der Waals surface area contributed by atoms with Gasteiger partial charge in [0.2, 0.25) is 0 Å². The highest BCUT2D eigenvalue weighted by molar-refractivity contribution is 7.99. The van der Waals surface area contributed by atoms with Crippen LogP contribution in [0.3, 0.4) is 0 Å². The van der Waals surface area contributed by atoms with Gasteiger partial charge in [-0.25, -0.2) is 0 Å². The smallest absolute Gasteiger partial charge is 0.191 e. The van der Waals surface area contributed by atoms with Crippen molar-refractivity contribution in [3.05, 3.63) is 35.9 Å². The van der Waals surface area contributed by atoms with E-state index in [-0.39, 0.29) is 0 Å². The summed E-state index contributed by atoms with van der Waals surface area (Å²) in [5.41, 5.74) is 0.757. The van der Waals surface area contributed by atoms with E-state index in [0.717, 1.165) is 56.4 Å². The Morgan fingerprint density at radius 1 is 1.37 bits per heavy atom. The lowest BCUT2D eigenvalue weighted by molar-refractivity contribution is 0.0777. The number of aliphatic imine (C=N–C) groups is 1. The molecule has 3 unspecified atom stereocenters. The minimum atomic E-state index is -0.626. The van der Waals surface area contributed by atoms with Gasteiger partial charge >= 0.3 is 0 Å². The van der Waals surface area contributed by atoms with Crippen LogP contribution in [-0.4, -0.2) is 64.8 Å². The zero-order valence-electron chi connectivity index (χ0n) is 16.7. The largest absolute Gasteiger partial charge is 0.387 e. The number of nitrogens with zero attached hydrogens (tertiary/aromatic N) is 2. The Labute approximate surface area is 168 Å². The number of aliphatic hydroxyl groups is 1. The molecule has 1 aromatic rings. The van der Waals surface area contributed by atoms with Crippen LogP contribution in [0.15, 0.2) is 35.3 Å². The van der Waals surface area contributed by atoms with Crippen LogP contribution >= 0.6 is 11.8 Å². The van der Waals surface area contributed by atoms with Gasteiger partial charge in [0.05, 0.1) is 12.1 Å². The molecule has 2 heterocycles. The highest BCUT2D eigenvalue weighted by Crippen LogP contribution is 2.28. The summed E-state index contributed by atoms with van der Waals surface area (Å²) in [6, 6.07) is 11.7. The molecule has 3 rings (SSSR count). The summed E-state index contributed by atoms with van der Waals surface area (Å²) < 4.78 is 0. The van der Waals surface area contributed by atoms with Crippen LogP contribution in [0.4, 0.5) is 0 Å². The lowest BCUT2D eigenvalue weighted by atomic mass is 9.97. The van der Waals surface area contributed by atoms with Gasteiger partial charge in [-0.05, 0) is 44.4 Å². The van der Waals surface area contributed by atoms with Crippen molar-refractivity contribution >= 4 is 17.7 Å². The highest BCUT2D eigenvalue weighted by Gasteiger charge is 2.32. The second-order valence-electron chi connectivity index (χ2n) is 7.89. The van der Waals surface area contributed by atoms with E-state index in [4.69, 9.17) is 4.99 Å². The normalized spacial score (nSPS) is 29.7. The van der Waals surface area contributed by atoms with Crippen LogP contribution in [0.25, 0.3) is 0 Å². The lowest BCUT2D eigenvalue weighted by Gasteiger charge is -2.38. The Balaban J connectivity index is 1.52. The summed E-state index contributed by atoms with van der Waals surface area (Å²) in [6.45, 7) is 7.84. The SMILES string of the molecule is CCNC(=NCC1(O)CCSC1)NC1CCN(Cc2ccccc2)C(C)C1. The molecule has 0 radical (unpaired) electrons. The molecule has 2 fully saturated rings. The standard InChI is InChI=1S/C21H34N4OS/c1-3-22-20(23-15-21(26)10-12-27-16-21)24-19-9-11-25(17(2)13-19)14-18-7-5-4-6-8-18/h4-8,17,19,26H,3,9-16H2,1-2H3,(H2,22,23,24). The van der Waals surface area contributed by atoms with Crippen molar-refractivity contribution in [2.45, 2.75) is 57.3 Å². The number of piperidine rings is 1. The monoisotopic (exact) mass is 390 g/mol. The van der Waals surface area contributed by atoms with Crippen molar-refractivity contribution in [2.24, 2.45) is 4.99 Å². The molecule has 0 aliphatic carbocycles. The molecule has 2 aliphatic rings. The topological polar surface area (TPSA) is 59.9 Å². The molecule has 150 valence electrons. The van der Waals surface area contributed by atoms with Gasteiger partial charge in [0.15, 0.2) is 5.96 Å². The third kappa shape index (κ3) is 6.13. The number of hydrogen-bond acceptors (Lipinski definition) is 4. The summed E-state index contributed by atoms with van der Waals surface area (Å²) in [5, 5.41) is 17.5. The van der Waals surface area contributed by atoms with Crippen LogP contribution in [0.1, 0.15) is 38.7 Å². The fraction of sp³-hybridized carbons (Fsp3) is 0.667. The van der Waals surface area contributed by atoms with E-state index in [1.54, 1.807) is 0 Å². The molecule has 2 aliphatic heterocycles. The Kier molecular flexibility index (Phi) is 7.44. The summed E-state index contributed by atoms with van der Waals surface area (Å²) in [4.78, 5) is 7.26. The second kappa shape index (κ2) is 9.80. The molecule has 0 aromatic heterocycles. The first-order valence-corrected chi connectivity index (χ1v) is 11.4. The summed E-state index contributed by atoms with van der Waals surface area (Å²) >= 11 is 1.82. The minimum Gasteiger partial charge on any atom is -0.387 e. The summed E-state index contributed by atoms with van der Waals surface area (Å²) in [6.07, 6.45) is 3.06. The van der Waals surface area contributed by atoms with E-state index in [1.165, 1.54) is 5.56 Å². The molecule has 3 atom stereocenters. The third-order valence-corrected chi connectivity index (χ3v) is 6.78. The number of likely N-dealkylation sites (tertiary alicyclic amines) is 1. The molecule has 2 saturated heterocycles. The van der Waals surface area contributed by atoms with Gasteiger partial charge in [0.25, 0.3) is 0 Å². The maximum atomic E-state index is 10.5. The van der Waals surface area contributed by atoms with E-state index in [1.807, 2.05) is 11.8 Å². The van der Waals surface area contributed by atoms with Crippen molar-refractivity contribution in [3.63, 3.8) is 0 Å². The molecule has 0 amide bonds. The maximum Gasteiger partial charge on any atom is 0.191 e. The van der Waals surface area contributed by atoms with Crippen molar-refractivity contribution in [1.29, 1.82) is 0 Å². The van der Waals surface area contributed by atoms with Crippen molar-refractivity contribution in [2.75, 3.05) is 31.1 Å². The van der Waals surface area contributed by atoms with Crippen LogP contribution in [0.5, 0.6) is 0 Å². The summed E-state index contributed by atoms with van der Waals surface area (Å²) in [5.74, 6) is 2.68. The zero-order valence-corrected chi connectivity index (χ0v) is 17.5. The first-order chi connectivity index (χ1) is 13.1. The van der Waals surface area contributed by atoms with Crippen LogP contribution in [0.2, 0.25) is 0 Å². The van der Waals surface area contributed by atoms with Gasteiger partial charge in [-0.15, -0.1) is 0 Å². The fourth-order valence-electron chi connectivity index (χ4n) is 3.87. The van der Waals surface area contributed by atoms with Crippen molar-refractivity contribution in [3.8, 4) is 0 Å². The van der Waals surface area contributed by atoms with Gasteiger partial charge in [0, 0.05) is 37.5 Å². The van der Waals surface area contributed by atoms with E-state index < -0.39 is 5.60 Å². The van der Waals surface area contributed by atoms with Crippen LogP contribution < -0.4 is 10.6 Å². The number of hydrogen-bond donors (Lipinski definition) is 3. The quantitative estimate of drug-likeness (QED) is 0.515. The third-order valence-electron chi connectivity index (χ3n) is 5.54. The van der Waals surface area contributed by atoms with Gasteiger partial charge in [0.1, 0.15) is 0 Å². The van der Waals surface area contributed by atoms with Gasteiger partial charge in [-0.3, -0.25) is 9.89 Å². The Bertz CT molecular complexity index is 603. The molecule has 0 spiro atoms. The summed E-state index contributed by atoms with van der Waals surface area (Å²) in [7, 11) is 0. The fourth-order valence-corrected chi connectivity index (χ4v) is 5.15. The Hall–Kier alpha value is -1.24. The lowest BCUT2D eigenvalue weighted by Crippen LogP contribution is -2.51. The molecule has 5 nitrogen and oxygen atoms in total. The first kappa shape index (κ1) is 20.5. The number of rotatable bonds is 6. The average Bonchev–Trinajstić information content (AvgIpc) is 3.10. The van der Waals surface area contributed by atoms with Gasteiger partial charge in [-0.1, -0.05) is 30.3 Å². The number of thioether (sulfide) groups is 1. The molecular weight excluding hydrogens is 356 g/mol. The second-order valence-corrected chi connectivity index (χ2v) is 9.00. The molecule has 27 heavy (non-hydrogen) atoms. The van der Waals surface area contributed by atoms with E-state index in [2.05, 4.69) is 59.7 Å². The number of benzene rings is 1. The molecule has 1 aromatic carbocycles. The van der Waals surface area contributed by atoms with E-state index in [9.17, 15) is 5.11 Å². The van der Waals surface area contributed by atoms with Crippen LogP contribution in [-0.2, 0) is 6.54 Å². The zero-order chi connectivity index (χ0) is 19.1. The molecule has 0 saturated carbocycles. The van der Waals surface area contributed by atoms with E-state index >= 15 is 0 Å². The molecular formula is C21H34N4OS. The predicted molar refractivity (Wildman–Crippen MR) is 115 cm³/mol. The maximum absolute atomic E-state index is 10.5. The highest BCUT2D eigenvalue weighted by atomic mass is 32.2. The van der Waals surface area contributed by atoms with Gasteiger partial charge < -0.3 is 15.7 Å². The van der Waals surface area contributed by atoms with Crippen LogP contribution in [0, 0.1) is 0 Å². The number of guanidine groups is 1.